The summed E-state index contributed by atoms with van der Waals surface area (Å²) in [5.74, 6) is 0.555. The highest BCUT2D eigenvalue weighted by atomic mass is 32.2. The first-order valence-electron chi connectivity index (χ1n) is 11.0. The summed E-state index contributed by atoms with van der Waals surface area (Å²) in [5, 5.41) is 2.74. The molecule has 0 bridgehead atoms. The number of methoxy groups -OCH3 is 1. The van der Waals surface area contributed by atoms with Gasteiger partial charge in [0.05, 0.1) is 18.6 Å². The lowest BCUT2D eigenvalue weighted by Crippen LogP contribution is -2.38. The molecule has 1 fully saturated rings. The van der Waals surface area contributed by atoms with Crippen LogP contribution in [0.15, 0.2) is 47.4 Å². The number of nitrogens with zero attached hydrogens (tertiary/aromatic N) is 2. The zero-order valence-corrected chi connectivity index (χ0v) is 19.9. The molecule has 176 valence electrons. The standard InChI is InChI=1S/C24H29N3O5S/c1-16-12-19-13-21(10-11-22(19)27(16)24(29)18-6-7-18)33(30,31)26(2)15-23(28)25-14-17-4-8-20(32-3)9-5-17/h4-5,8-11,13,16,18H,6-7,12,14-15H2,1-3H3,(H,25,28)/t16-/m1/s1. The second kappa shape index (κ2) is 9.15. The molecule has 2 aliphatic rings. The third-order valence-electron chi connectivity index (χ3n) is 6.15. The maximum atomic E-state index is 13.1. The Morgan fingerprint density at radius 3 is 2.48 bits per heavy atom. The van der Waals surface area contributed by atoms with Gasteiger partial charge in [0.2, 0.25) is 21.8 Å². The van der Waals surface area contributed by atoms with E-state index in [1.807, 2.05) is 19.1 Å². The minimum atomic E-state index is -3.85. The summed E-state index contributed by atoms with van der Waals surface area (Å²) in [6.07, 6.45) is 2.47. The van der Waals surface area contributed by atoms with Gasteiger partial charge in [-0.15, -0.1) is 0 Å². The van der Waals surface area contributed by atoms with E-state index in [4.69, 9.17) is 4.74 Å². The van der Waals surface area contributed by atoms with Gasteiger partial charge in [-0.25, -0.2) is 8.42 Å². The molecule has 2 aromatic rings. The second-order valence-electron chi connectivity index (χ2n) is 8.71. The Bertz CT molecular complexity index is 1160. The van der Waals surface area contributed by atoms with Crippen LogP contribution < -0.4 is 15.0 Å². The Kier molecular flexibility index (Phi) is 6.45. The van der Waals surface area contributed by atoms with Crippen molar-refractivity contribution in [1.29, 1.82) is 0 Å². The smallest absolute Gasteiger partial charge is 0.243 e. The number of hydrogen-bond acceptors (Lipinski definition) is 5. The van der Waals surface area contributed by atoms with Gasteiger partial charge in [-0.1, -0.05) is 12.1 Å². The maximum absolute atomic E-state index is 13.1. The first-order valence-corrected chi connectivity index (χ1v) is 12.5. The van der Waals surface area contributed by atoms with Crippen LogP contribution in [-0.2, 0) is 32.6 Å². The van der Waals surface area contributed by atoms with Gasteiger partial charge in [-0.2, -0.15) is 4.31 Å². The van der Waals surface area contributed by atoms with Crippen molar-refractivity contribution in [2.24, 2.45) is 5.92 Å². The van der Waals surface area contributed by atoms with E-state index in [0.29, 0.717) is 6.42 Å². The van der Waals surface area contributed by atoms with Crippen LogP contribution in [0.2, 0.25) is 0 Å². The molecule has 0 radical (unpaired) electrons. The topological polar surface area (TPSA) is 96.0 Å². The summed E-state index contributed by atoms with van der Waals surface area (Å²) in [4.78, 5) is 26.9. The highest BCUT2D eigenvalue weighted by Gasteiger charge is 2.40. The Morgan fingerprint density at radius 1 is 1.15 bits per heavy atom. The minimum absolute atomic E-state index is 0.00696. The lowest BCUT2D eigenvalue weighted by Gasteiger charge is -2.23. The number of sulfonamides is 1. The molecule has 1 saturated carbocycles. The molecule has 8 nitrogen and oxygen atoms in total. The van der Waals surface area contributed by atoms with E-state index < -0.39 is 15.9 Å². The first kappa shape index (κ1) is 23.3. The van der Waals surface area contributed by atoms with Gasteiger partial charge >= 0.3 is 0 Å². The van der Waals surface area contributed by atoms with Gasteiger partial charge in [0.25, 0.3) is 0 Å². The van der Waals surface area contributed by atoms with Crippen molar-refractivity contribution in [3.63, 3.8) is 0 Å². The number of benzene rings is 2. The van der Waals surface area contributed by atoms with Gasteiger partial charge in [-0.05, 0) is 67.6 Å². The average Bonchev–Trinajstić information content (AvgIpc) is 3.59. The number of carbonyl (C=O) groups excluding carboxylic acids is 2. The molecular formula is C24H29N3O5S. The SMILES string of the molecule is COc1ccc(CNC(=O)CN(C)S(=O)(=O)c2ccc3c(c2)C[C@@H](C)N3C(=O)C2CC2)cc1. The van der Waals surface area contributed by atoms with Crippen molar-refractivity contribution in [3.05, 3.63) is 53.6 Å². The summed E-state index contributed by atoms with van der Waals surface area (Å²) < 4.78 is 32.3. The normalized spacial score (nSPS) is 17.7. The van der Waals surface area contributed by atoms with Crippen LogP contribution in [0.25, 0.3) is 0 Å². The second-order valence-corrected chi connectivity index (χ2v) is 10.8. The Hall–Kier alpha value is -2.91. The van der Waals surface area contributed by atoms with Gasteiger partial charge in [0, 0.05) is 31.2 Å². The van der Waals surface area contributed by atoms with E-state index in [2.05, 4.69) is 5.32 Å². The quantitative estimate of drug-likeness (QED) is 0.638. The zero-order valence-electron chi connectivity index (χ0n) is 19.1. The average molecular weight is 472 g/mol. The summed E-state index contributed by atoms with van der Waals surface area (Å²) in [6.45, 7) is 1.98. The molecule has 4 rings (SSSR count). The third-order valence-corrected chi connectivity index (χ3v) is 7.95. The highest BCUT2D eigenvalue weighted by molar-refractivity contribution is 7.89. The van der Waals surface area contributed by atoms with Crippen LogP contribution in [0.1, 0.15) is 30.9 Å². The van der Waals surface area contributed by atoms with Gasteiger partial charge in [0.15, 0.2) is 0 Å². The van der Waals surface area contributed by atoms with Crippen LogP contribution in [0.3, 0.4) is 0 Å². The molecule has 1 atom stereocenters. The van der Waals surface area contributed by atoms with Crippen molar-refractivity contribution in [1.82, 2.24) is 9.62 Å². The zero-order chi connectivity index (χ0) is 23.8. The number of amides is 2. The molecule has 0 aromatic heterocycles. The van der Waals surface area contributed by atoms with Crippen molar-refractivity contribution in [2.45, 2.75) is 43.7 Å². The lowest BCUT2D eigenvalue weighted by molar-refractivity contribution is -0.121. The Labute approximate surface area is 194 Å². The first-order chi connectivity index (χ1) is 15.7. The van der Waals surface area contributed by atoms with E-state index in [9.17, 15) is 18.0 Å². The summed E-state index contributed by atoms with van der Waals surface area (Å²) >= 11 is 0. The lowest BCUT2D eigenvalue weighted by atomic mass is 10.1. The van der Waals surface area contributed by atoms with Crippen molar-refractivity contribution < 1.29 is 22.7 Å². The molecule has 1 aliphatic heterocycles. The highest BCUT2D eigenvalue weighted by Crippen LogP contribution is 2.39. The van der Waals surface area contributed by atoms with Crippen LogP contribution in [0.4, 0.5) is 5.69 Å². The van der Waals surface area contributed by atoms with E-state index in [1.165, 1.54) is 13.1 Å². The minimum Gasteiger partial charge on any atom is -0.497 e. The molecule has 33 heavy (non-hydrogen) atoms. The maximum Gasteiger partial charge on any atom is 0.243 e. The fraction of sp³-hybridized carbons (Fsp3) is 0.417. The molecule has 0 unspecified atom stereocenters. The number of hydrogen-bond donors (Lipinski definition) is 1. The number of likely N-dealkylation sites (N-methyl/N-ethyl adjacent to an activating group) is 1. The van der Waals surface area contributed by atoms with E-state index in [0.717, 1.165) is 39.7 Å². The third kappa shape index (κ3) is 4.89. The molecule has 0 saturated heterocycles. The number of rotatable bonds is 8. The van der Waals surface area contributed by atoms with Crippen LogP contribution in [0, 0.1) is 5.92 Å². The van der Waals surface area contributed by atoms with Crippen LogP contribution in [-0.4, -0.2) is 51.3 Å². The van der Waals surface area contributed by atoms with Gasteiger partial charge < -0.3 is 15.0 Å². The Balaban J connectivity index is 1.40. The molecule has 9 heteroatoms. The van der Waals surface area contributed by atoms with Crippen molar-refractivity contribution in [3.8, 4) is 5.75 Å². The molecule has 0 spiro atoms. The number of carbonyl (C=O) groups is 2. The van der Waals surface area contributed by atoms with Crippen molar-refractivity contribution in [2.75, 3.05) is 25.6 Å². The molecule has 1 aliphatic carbocycles. The number of anilines is 1. The van der Waals surface area contributed by atoms with E-state index in [-0.39, 0.29) is 35.9 Å². The fourth-order valence-corrected chi connectivity index (χ4v) is 5.28. The summed E-state index contributed by atoms with van der Waals surface area (Å²) in [7, 11) is -0.883. The van der Waals surface area contributed by atoms with Gasteiger partial charge in [0.1, 0.15) is 5.75 Å². The molecule has 1 N–H and O–H groups in total. The largest absolute Gasteiger partial charge is 0.497 e. The molecule has 2 amide bonds. The summed E-state index contributed by atoms with van der Waals surface area (Å²) in [5.41, 5.74) is 2.51. The van der Waals surface area contributed by atoms with Crippen LogP contribution in [0.5, 0.6) is 5.75 Å². The van der Waals surface area contributed by atoms with E-state index >= 15 is 0 Å². The predicted molar refractivity (Wildman–Crippen MR) is 124 cm³/mol. The van der Waals surface area contributed by atoms with Crippen LogP contribution >= 0.6 is 0 Å². The molecular weight excluding hydrogens is 442 g/mol. The number of nitrogens with one attached hydrogen (secondary N) is 1. The number of ether oxygens (including phenoxy) is 1. The summed E-state index contributed by atoms with van der Waals surface area (Å²) in [6, 6.07) is 12.1. The predicted octanol–water partition coefficient (Wildman–Crippen LogP) is 2.32. The Morgan fingerprint density at radius 2 is 1.85 bits per heavy atom. The monoisotopic (exact) mass is 471 g/mol. The molecule has 1 heterocycles. The van der Waals surface area contributed by atoms with Crippen molar-refractivity contribution >= 4 is 27.5 Å². The van der Waals surface area contributed by atoms with Gasteiger partial charge in [-0.3, -0.25) is 9.59 Å². The fourth-order valence-electron chi connectivity index (χ4n) is 4.10. The number of fused-ring (bicyclic) bond motifs is 1. The molecule has 2 aromatic carbocycles. The van der Waals surface area contributed by atoms with E-state index in [1.54, 1.807) is 36.3 Å².